The van der Waals surface area contributed by atoms with Crippen LogP contribution in [-0.2, 0) is 179 Å². The van der Waals surface area contributed by atoms with E-state index < -0.39 is 126 Å². The Hall–Kier alpha value is -10.2. The number of ether oxygens (including phenoxy) is 19. The summed E-state index contributed by atoms with van der Waals surface area (Å²) in [5, 5.41) is 11.1. The van der Waals surface area contributed by atoms with E-state index in [1.54, 1.807) is 0 Å². The van der Waals surface area contributed by atoms with Crippen LogP contribution in [0.3, 0.4) is 0 Å². The highest BCUT2D eigenvalue weighted by Crippen LogP contribution is 2.41. The van der Waals surface area contributed by atoms with E-state index >= 15 is 0 Å². The van der Waals surface area contributed by atoms with E-state index in [2.05, 4.69) is 0 Å². The zero-order chi connectivity index (χ0) is 96.2. The fourth-order valence-corrected chi connectivity index (χ4v) is 18.3. The first-order valence-corrected chi connectivity index (χ1v) is 50.1. The van der Waals surface area contributed by atoms with Crippen LogP contribution in [0.4, 0.5) is 0 Å². The van der Waals surface area contributed by atoms with Crippen molar-refractivity contribution in [3.63, 3.8) is 0 Å². The van der Waals surface area contributed by atoms with Gasteiger partial charge >= 0.3 is 11.9 Å². The molecule has 25 heteroatoms. The van der Waals surface area contributed by atoms with Crippen molar-refractivity contribution in [3.05, 3.63) is 431 Å². The van der Waals surface area contributed by atoms with Gasteiger partial charge < -0.3 is 95.1 Å². The Morgan fingerprint density at radius 3 is 0.734 bits per heavy atom. The number of hydrogen-bond acceptors (Lipinski definition) is 24. The van der Waals surface area contributed by atoms with E-state index in [4.69, 9.17) is 102 Å². The number of hydrogen-bond donors (Lipinski definition) is 1. The number of rotatable bonds is 46. The number of thioether (sulfide) groups is 2. The molecule has 0 radical (unpaired) electrons. The van der Waals surface area contributed by atoms with Crippen LogP contribution >= 0.6 is 35.1 Å². The number of carbonyl (C=O) groups is 2. The number of aliphatic hydroxyl groups is 1. The zero-order valence-electron chi connectivity index (χ0n) is 78.7. The summed E-state index contributed by atoms with van der Waals surface area (Å²) in [4.78, 5) is 24.1. The summed E-state index contributed by atoms with van der Waals surface area (Å²) in [5.41, 5.74) is 10.2. The standard InChI is InChI=1S/C57H62O11S.C29H31ClO6.C28H32O5S/c1-41(58)60-40-49-51(62-35-44-25-13-5-14-26-44)52(63-36-45-27-15-6-16-28-45)54(65-38-47-31-19-8-20-32-47)56(66-49)68-55-53(64-37-46-29-17-7-18-30-46)50(61-34-43-23-11-4-12-24-43)48(67-57(55)69-2)39-59-33-42-21-9-3-10-22-42;1-21(31)32-20-25-26(33-17-22-11-5-2-6-12-22)27(34-18-23-13-7-3-8-14-23)28(29(30)36-25)35-19-24-15-9-4-10-16-24;1-34-28-25(29)27(32-19-23-15-9-4-10-16-23)26(31-18-22-13-7-3-8-14-22)24(33-28)20-30-17-21-11-5-2-6-12-21/h3-32,48-57H,33-40H2,1-2H3;2-16,25-29H,17-20H2,1H3;2-16,24-29H,17-20H2,1H3/t48?,49?,50-,51-,52+,53+,54?,55?,56-,57-;25?,26-,27+,28?,29+;24?,25?,26-,27-,28-/m111/s1. The molecule has 1 N–H and O–H groups in total. The average molecular weight is 1950 g/mol. The van der Waals surface area contributed by atoms with Gasteiger partial charge in [-0.3, -0.25) is 9.59 Å². The molecule has 4 saturated heterocycles. The first-order valence-electron chi connectivity index (χ1n) is 47.1. The predicted molar refractivity (Wildman–Crippen MR) is 534 cm³/mol. The van der Waals surface area contributed by atoms with E-state index in [1.165, 1.54) is 37.4 Å². The lowest BCUT2D eigenvalue weighted by molar-refractivity contribution is -0.356. The van der Waals surface area contributed by atoms with Gasteiger partial charge in [-0.15, -0.1) is 23.5 Å². The monoisotopic (exact) mass is 1940 g/mol. The number of esters is 2. The molecule has 4 heterocycles. The predicted octanol–water partition coefficient (Wildman–Crippen LogP) is 20.0. The van der Waals surface area contributed by atoms with E-state index in [0.29, 0.717) is 52.9 Å². The van der Waals surface area contributed by atoms with Gasteiger partial charge in [-0.1, -0.05) is 376 Å². The van der Waals surface area contributed by atoms with Crippen molar-refractivity contribution in [2.75, 3.05) is 38.9 Å². The fraction of sp³-hybridized carbons (Fsp3) is 0.351. The molecule has 0 saturated carbocycles. The highest BCUT2D eigenvalue weighted by Gasteiger charge is 2.56. The smallest absolute Gasteiger partial charge is 0.302 e. The second kappa shape index (κ2) is 57.7. The van der Waals surface area contributed by atoms with Gasteiger partial charge in [0.25, 0.3) is 0 Å². The van der Waals surface area contributed by atoms with Gasteiger partial charge in [0.1, 0.15) is 122 Å². The number of aliphatic hydroxyl groups excluding tert-OH is 1. The van der Waals surface area contributed by atoms with Crippen LogP contribution < -0.4 is 0 Å². The molecule has 0 amide bonds. The number of benzene rings is 12. The van der Waals surface area contributed by atoms with Gasteiger partial charge in [-0.25, -0.2) is 0 Å². The minimum Gasteiger partial charge on any atom is -0.463 e. The second-order valence-corrected chi connectivity index (χ2v) is 36.2. The van der Waals surface area contributed by atoms with E-state index in [-0.39, 0.29) is 59.0 Å². The van der Waals surface area contributed by atoms with Gasteiger partial charge in [0.2, 0.25) is 0 Å². The Bertz CT molecular complexity index is 5360. The minimum absolute atomic E-state index is 0.00535. The van der Waals surface area contributed by atoms with Crippen LogP contribution in [-0.4, -0.2) is 176 Å². The van der Waals surface area contributed by atoms with Crippen molar-refractivity contribution in [2.24, 2.45) is 0 Å². The van der Waals surface area contributed by atoms with Crippen LogP contribution in [0.5, 0.6) is 0 Å². The molecule has 4 fully saturated rings. The van der Waals surface area contributed by atoms with Crippen molar-refractivity contribution < 1.29 is 105 Å². The minimum atomic E-state index is -1.11. The molecule has 20 atom stereocenters. The SMILES string of the molecule is CC(=O)OCC1O[C@H](Cl)C(OCc2ccccc2)[C@@H](OCc2ccccc2)[C@@H]1OCc1ccccc1.CS[C@H]1OC(COCc2ccccc2)[C@@H](OCc2ccccc2)[C@H](OCc2ccccc2)C1O.CS[C@H]1OC(COCc2ccccc2)[C@@H](OCc2ccccc2)[C@H](OCc2ccccc2)C1O[C@H]1OC(COC(C)=O)[C@@H](OCc2ccccc2)[C@H](OCc2ccccc2)C1OCc1ccccc1. The van der Waals surface area contributed by atoms with Gasteiger partial charge in [0.15, 0.2) is 11.9 Å². The third-order valence-corrected chi connectivity index (χ3v) is 25.7. The fourth-order valence-electron chi connectivity index (χ4n) is 16.6. The molecule has 4 aliphatic heterocycles. The van der Waals surface area contributed by atoms with E-state index in [0.717, 1.165) is 66.8 Å². The molecule has 12 aromatic rings. The molecular formula is C114H125ClO22S2. The van der Waals surface area contributed by atoms with Gasteiger partial charge in [0, 0.05) is 13.8 Å². The number of carbonyl (C=O) groups excluding carboxylic acids is 2. The summed E-state index contributed by atoms with van der Waals surface area (Å²) in [5.74, 6) is -0.866. The van der Waals surface area contributed by atoms with E-state index in [1.807, 2.05) is 376 Å². The molecule has 139 heavy (non-hydrogen) atoms. The molecule has 8 unspecified atom stereocenters. The maximum atomic E-state index is 12.5. The maximum Gasteiger partial charge on any atom is 0.302 e. The molecule has 12 aromatic carbocycles. The Labute approximate surface area is 829 Å². The highest BCUT2D eigenvalue weighted by atomic mass is 35.5. The summed E-state index contributed by atoms with van der Waals surface area (Å²) in [6, 6.07) is 119. The molecule has 732 valence electrons. The van der Waals surface area contributed by atoms with E-state index in [9.17, 15) is 14.7 Å². The summed E-state index contributed by atoms with van der Waals surface area (Å²) >= 11 is 9.66. The Morgan fingerprint density at radius 1 is 0.252 bits per heavy atom. The molecule has 0 bridgehead atoms. The lowest BCUT2D eigenvalue weighted by Gasteiger charge is -2.50. The zero-order valence-corrected chi connectivity index (χ0v) is 81.1. The lowest BCUT2D eigenvalue weighted by atomic mass is 9.96. The van der Waals surface area contributed by atoms with Crippen molar-refractivity contribution in [3.8, 4) is 0 Å². The van der Waals surface area contributed by atoms with Gasteiger partial charge in [0.05, 0.1) is 92.5 Å². The highest BCUT2D eigenvalue weighted by molar-refractivity contribution is 7.99. The lowest BCUT2D eigenvalue weighted by Crippen LogP contribution is -2.65. The largest absolute Gasteiger partial charge is 0.463 e. The van der Waals surface area contributed by atoms with Crippen molar-refractivity contribution in [1.29, 1.82) is 0 Å². The Balaban J connectivity index is 0.000000184. The third kappa shape index (κ3) is 33.5. The molecule has 0 aliphatic carbocycles. The van der Waals surface area contributed by atoms with Crippen LogP contribution in [0.2, 0.25) is 0 Å². The second-order valence-electron chi connectivity index (χ2n) is 33.9. The summed E-state index contributed by atoms with van der Waals surface area (Å²) in [6.45, 7) is 7.05. The Kier molecular flexibility index (Phi) is 43.4. The molecule has 0 aromatic heterocycles. The first kappa shape index (κ1) is 105. The van der Waals surface area contributed by atoms with Crippen LogP contribution in [0.25, 0.3) is 0 Å². The van der Waals surface area contributed by atoms with Crippen molar-refractivity contribution in [2.45, 2.75) is 214 Å². The van der Waals surface area contributed by atoms with Gasteiger partial charge in [-0.05, 0) is 79.3 Å². The normalized spacial score (nSPS) is 24.4. The molecular weight excluding hydrogens is 1820 g/mol. The first-order chi connectivity index (χ1) is 68.3. The number of alkyl halides is 1. The molecule has 4 aliphatic rings. The Morgan fingerprint density at radius 2 is 0.460 bits per heavy atom. The summed E-state index contributed by atoms with van der Waals surface area (Å²) in [7, 11) is 0. The number of halogens is 1. The van der Waals surface area contributed by atoms with Crippen LogP contribution in [0, 0.1) is 0 Å². The average Bonchev–Trinajstić information content (AvgIpc) is 0.766. The quantitative estimate of drug-likeness (QED) is 0.0276. The topological polar surface area (TPSA) is 230 Å². The van der Waals surface area contributed by atoms with Crippen molar-refractivity contribution in [1.82, 2.24) is 0 Å². The third-order valence-electron chi connectivity index (χ3n) is 23.7. The molecule has 22 nitrogen and oxygen atoms in total. The van der Waals surface area contributed by atoms with Crippen LogP contribution in [0.15, 0.2) is 364 Å². The summed E-state index contributed by atoms with van der Waals surface area (Å²) in [6.07, 6.45) is -7.89. The van der Waals surface area contributed by atoms with Crippen molar-refractivity contribution >= 4 is 47.1 Å². The molecule has 16 rings (SSSR count). The maximum absolute atomic E-state index is 12.5. The molecule has 0 spiro atoms. The van der Waals surface area contributed by atoms with Crippen LogP contribution in [0.1, 0.15) is 80.6 Å². The van der Waals surface area contributed by atoms with Gasteiger partial charge in [-0.2, -0.15) is 0 Å². The summed E-state index contributed by atoms with van der Waals surface area (Å²) < 4.78 is 124.